The molecule has 0 atom stereocenters. The molecule has 18 heavy (non-hydrogen) atoms. The van der Waals surface area contributed by atoms with E-state index in [9.17, 15) is 4.79 Å². The molecule has 0 saturated heterocycles. The third-order valence-electron chi connectivity index (χ3n) is 2.35. The number of hydrogen-bond acceptors (Lipinski definition) is 2. The van der Waals surface area contributed by atoms with Crippen molar-refractivity contribution in [3.8, 4) is 11.8 Å². The summed E-state index contributed by atoms with van der Waals surface area (Å²) in [6, 6.07) is 11.7. The van der Waals surface area contributed by atoms with Gasteiger partial charge < -0.3 is 0 Å². The molecular weight excluding hydrogens is 240 g/mol. The monoisotopic (exact) mass is 252 g/mol. The normalized spacial score (nSPS) is 10.6. The Hall–Kier alpha value is -2.11. The summed E-state index contributed by atoms with van der Waals surface area (Å²) >= 11 is 1.60. The molecular formula is C16H12OS. The zero-order chi connectivity index (χ0) is 12.8. The molecule has 1 aromatic heterocycles. The van der Waals surface area contributed by atoms with E-state index < -0.39 is 0 Å². The van der Waals surface area contributed by atoms with Gasteiger partial charge in [-0.25, -0.2) is 0 Å². The van der Waals surface area contributed by atoms with Crippen LogP contribution in [0.2, 0.25) is 0 Å². The molecule has 0 aliphatic carbocycles. The first-order valence-electron chi connectivity index (χ1n) is 5.57. The lowest BCUT2D eigenvalue weighted by molar-refractivity contribution is -0.113. The zero-order valence-corrected chi connectivity index (χ0v) is 10.8. The number of allylic oxidation sites excluding steroid dienone is 1. The van der Waals surface area contributed by atoms with Crippen LogP contribution in [-0.2, 0) is 4.79 Å². The number of ketones is 1. The van der Waals surface area contributed by atoms with Gasteiger partial charge in [0.1, 0.15) is 0 Å². The molecule has 2 rings (SSSR count). The fraction of sp³-hybridized carbons (Fsp3) is 0.0625. The van der Waals surface area contributed by atoms with Crippen LogP contribution < -0.4 is 0 Å². The van der Waals surface area contributed by atoms with Crippen LogP contribution in [0, 0.1) is 11.8 Å². The SMILES string of the molecule is CC(=O)/C(C#Cc1ccsc1)=C/c1ccccc1. The van der Waals surface area contributed by atoms with Gasteiger partial charge in [0.25, 0.3) is 0 Å². The molecule has 1 nitrogen and oxygen atoms in total. The smallest absolute Gasteiger partial charge is 0.168 e. The highest BCUT2D eigenvalue weighted by atomic mass is 32.1. The second-order valence-electron chi connectivity index (χ2n) is 3.79. The van der Waals surface area contributed by atoms with E-state index in [1.165, 1.54) is 6.92 Å². The summed E-state index contributed by atoms with van der Waals surface area (Å²) < 4.78 is 0. The van der Waals surface area contributed by atoms with Gasteiger partial charge in [-0.05, 0) is 30.0 Å². The third-order valence-corrected chi connectivity index (χ3v) is 3.04. The van der Waals surface area contributed by atoms with Crippen LogP contribution in [0.3, 0.4) is 0 Å². The first kappa shape index (κ1) is 12.3. The summed E-state index contributed by atoms with van der Waals surface area (Å²) in [6.07, 6.45) is 1.82. The van der Waals surface area contributed by atoms with E-state index in [1.54, 1.807) is 11.3 Å². The highest BCUT2D eigenvalue weighted by Crippen LogP contribution is 2.08. The fourth-order valence-electron chi connectivity index (χ4n) is 1.42. The molecule has 0 bridgehead atoms. The van der Waals surface area contributed by atoms with E-state index in [0.717, 1.165) is 11.1 Å². The number of rotatable bonds is 2. The van der Waals surface area contributed by atoms with Crippen molar-refractivity contribution in [2.45, 2.75) is 6.92 Å². The molecule has 0 unspecified atom stereocenters. The van der Waals surface area contributed by atoms with Crippen LogP contribution in [0.5, 0.6) is 0 Å². The Morgan fingerprint density at radius 2 is 2.00 bits per heavy atom. The quantitative estimate of drug-likeness (QED) is 0.587. The van der Waals surface area contributed by atoms with Gasteiger partial charge in [0.2, 0.25) is 0 Å². The topological polar surface area (TPSA) is 17.1 Å². The molecule has 0 fully saturated rings. The average molecular weight is 252 g/mol. The summed E-state index contributed by atoms with van der Waals surface area (Å²) in [4.78, 5) is 11.5. The highest BCUT2D eigenvalue weighted by Gasteiger charge is 2.00. The van der Waals surface area contributed by atoms with Crippen molar-refractivity contribution in [3.63, 3.8) is 0 Å². The predicted molar refractivity (Wildman–Crippen MR) is 76.3 cm³/mol. The summed E-state index contributed by atoms with van der Waals surface area (Å²) in [7, 11) is 0. The number of carbonyl (C=O) groups excluding carboxylic acids is 1. The average Bonchev–Trinajstić information content (AvgIpc) is 2.88. The molecule has 0 radical (unpaired) electrons. The lowest BCUT2D eigenvalue weighted by atomic mass is 10.1. The number of hydrogen-bond donors (Lipinski definition) is 0. The van der Waals surface area contributed by atoms with Gasteiger partial charge >= 0.3 is 0 Å². The minimum atomic E-state index is -0.0124. The predicted octanol–water partition coefficient (Wildman–Crippen LogP) is 3.77. The van der Waals surface area contributed by atoms with Crippen LogP contribution in [0.15, 0.2) is 52.7 Å². The zero-order valence-electron chi connectivity index (χ0n) is 10.0. The lowest BCUT2D eigenvalue weighted by Crippen LogP contribution is -1.93. The number of thiophene rings is 1. The number of carbonyl (C=O) groups is 1. The van der Waals surface area contributed by atoms with Gasteiger partial charge in [0.05, 0.1) is 5.57 Å². The summed E-state index contributed by atoms with van der Waals surface area (Å²) in [5.74, 6) is 5.92. The van der Waals surface area contributed by atoms with Crippen LogP contribution >= 0.6 is 11.3 Å². The van der Waals surface area contributed by atoms with Gasteiger partial charge in [0, 0.05) is 10.9 Å². The van der Waals surface area contributed by atoms with Gasteiger partial charge in [-0.1, -0.05) is 42.2 Å². The van der Waals surface area contributed by atoms with E-state index >= 15 is 0 Å². The Balaban J connectivity index is 2.30. The maximum absolute atomic E-state index is 11.5. The van der Waals surface area contributed by atoms with E-state index in [2.05, 4.69) is 11.8 Å². The van der Waals surface area contributed by atoms with E-state index in [-0.39, 0.29) is 5.78 Å². The molecule has 1 heterocycles. The highest BCUT2D eigenvalue weighted by molar-refractivity contribution is 7.08. The fourth-order valence-corrected chi connectivity index (χ4v) is 2.00. The number of Topliss-reactive ketones (excluding diaryl/α,β-unsaturated/α-hetero) is 1. The Bertz CT molecular complexity index is 610. The molecule has 0 amide bonds. The molecule has 1 aromatic carbocycles. The van der Waals surface area contributed by atoms with Crippen LogP contribution in [0.1, 0.15) is 18.1 Å². The molecule has 2 aromatic rings. The minimum absolute atomic E-state index is 0.0124. The summed E-state index contributed by atoms with van der Waals surface area (Å²) in [5.41, 5.74) is 2.47. The first-order chi connectivity index (χ1) is 8.75. The lowest BCUT2D eigenvalue weighted by Gasteiger charge is -1.95. The molecule has 88 valence electrons. The Labute approximate surface area is 111 Å². The van der Waals surface area contributed by atoms with Crippen molar-refractivity contribution in [1.82, 2.24) is 0 Å². The molecule has 0 aliphatic rings. The molecule has 2 heteroatoms. The van der Waals surface area contributed by atoms with Gasteiger partial charge in [-0.2, -0.15) is 11.3 Å². The van der Waals surface area contributed by atoms with Crippen molar-refractivity contribution < 1.29 is 4.79 Å². The maximum atomic E-state index is 11.5. The summed E-state index contributed by atoms with van der Waals surface area (Å²) in [6.45, 7) is 1.54. The second kappa shape index (κ2) is 6.00. The van der Waals surface area contributed by atoms with E-state index in [1.807, 2.05) is 53.2 Å². The standard InChI is InChI=1S/C16H12OS/c1-13(17)16(8-7-15-9-10-18-12-15)11-14-5-3-2-4-6-14/h2-6,9-12H,1H3/b16-11+. The van der Waals surface area contributed by atoms with Crippen molar-refractivity contribution in [2.75, 3.05) is 0 Å². The second-order valence-corrected chi connectivity index (χ2v) is 4.57. The Morgan fingerprint density at radius 3 is 2.61 bits per heavy atom. The third kappa shape index (κ3) is 3.44. The van der Waals surface area contributed by atoms with Crippen molar-refractivity contribution in [2.24, 2.45) is 0 Å². The van der Waals surface area contributed by atoms with E-state index in [4.69, 9.17) is 0 Å². The summed E-state index contributed by atoms with van der Waals surface area (Å²) in [5, 5.41) is 3.94. The maximum Gasteiger partial charge on any atom is 0.168 e. The number of benzene rings is 1. The van der Waals surface area contributed by atoms with Crippen molar-refractivity contribution in [1.29, 1.82) is 0 Å². The first-order valence-corrected chi connectivity index (χ1v) is 6.52. The van der Waals surface area contributed by atoms with Gasteiger partial charge in [0.15, 0.2) is 5.78 Å². The molecule has 0 N–H and O–H groups in total. The van der Waals surface area contributed by atoms with Gasteiger partial charge in [-0.15, -0.1) is 0 Å². The Morgan fingerprint density at radius 1 is 1.22 bits per heavy atom. The van der Waals surface area contributed by atoms with Crippen LogP contribution in [0.4, 0.5) is 0 Å². The van der Waals surface area contributed by atoms with Gasteiger partial charge in [-0.3, -0.25) is 4.79 Å². The van der Waals surface area contributed by atoms with Crippen molar-refractivity contribution in [3.05, 3.63) is 63.9 Å². The largest absolute Gasteiger partial charge is 0.294 e. The van der Waals surface area contributed by atoms with Crippen LogP contribution in [0.25, 0.3) is 6.08 Å². The molecule has 0 aliphatic heterocycles. The molecule has 0 saturated carbocycles. The molecule has 0 spiro atoms. The van der Waals surface area contributed by atoms with Crippen LogP contribution in [-0.4, -0.2) is 5.78 Å². The minimum Gasteiger partial charge on any atom is -0.294 e. The Kier molecular flexibility index (Phi) is 4.11. The van der Waals surface area contributed by atoms with Crippen molar-refractivity contribution >= 4 is 23.2 Å². The van der Waals surface area contributed by atoms with E-state index in [0.29, 0.717) is 5.57 Å².